The molecule has 0 amide bonds. The fourth-order valence-electron chi connectivity index (χ4n) is 1.02. The van der Waals surface area contributed by atoms with Gasteiger partial charge in [0.2, 0.25) is 0 Å². The molecule has 0 saturated heterocycles. The Morgan fingerprint density at radius 2 is 2.20 bits per heavy atom. The maximum atomic E-state index is 11.0. The van der Waals surface area contributed by atoms with Crippen LogP contribution in [0.1, 0.15) is 33.6 Å². The largest absolute Gasteiger partial charge is 0.480 e. The molecule has 90 valence electrons. The van der Waals surface area contributed by atoms with Crippen molar-refractivity contribution in [2.75, 3.05) is 18.6 Å². The molecule has 3 nitrogen and oxygen atoms in total. The lowest BCUT2D eigenvalue weighted by Gasteiger charge is -2.23. The van der Waals surface area contributed by atoms with Gasteiger partial charge in [-0.1, -0.05) is 20.3 Å². The fraction of sp³-hybridized carbons (Fsp3) is 0.909. The standard InChI is InChI=1S/C11H23NO2S/c1-5-9(2)8-15-7-6-11(3,12-4)10(13)14/h9,12H,5-8H2,1-4H3,(H,13,14). The molecule has 0 saturated carbocycles. The minimum atomic E-state index is -0.775. The number of carbonyl (C=O) groups is 1. The first-order chi connectivity index (χ1) is 6.96. The molecule has 0 bridgehead atoms. The molecule has 0 aromatic rings. The van der Waals surface area contributed by atoms with Crippen LogP contribution in [0.2, 0.25) is 0 Å². The Kier molecular flexibility index (Phi) is 7.02. The predicted octanol–water partition coefficient (Wildman–Crippen LogP) is 2.22. The van der Waals surface area contributed by atoms with Crippen molar-refractivity contribution < 1.29 is 9.90 Å². The van der Waals surface area contributed by atoms with Gasteiger partial charge in [0.25, 0.3) is 0 Å². The van der Waals surface area contributed by atoms with Gasteiger partial charge >= 0.3 is 5.97 Å². The number of likely N-dealkylation sites (N-methyl/N-ethyl adjacent to an activating group) is 1. The molecular formula is C11H23NO2S. The maximum absolute atomic E-state index is 11.0. The summed E-state index contributed by atoms with van der Waals surface area (Å²) in [6.07, 6.45) is 1.86. The molecular weight excluding hydrogens is 210 g/mol. The van der Waals surface area contributed by atoms with E-state index in [-0.39, 0.29) is 0 Å². The van der Waals surface area contributed by atoms with E-state index in [1.165, 1.54) is 6.42 Å². The molecule has 0 aliphatic rings. The Morgan fingerprint density at radius 3 is 2.60 bits per heavy atom. The van der Waals surface area contributed by atoms with E-state index in [2.05, 4.69) is 19.2 Å². The minimum Gasteiger partial charge on any atom is -0.480 e. The highest BCUT2D eigenvalue weighted by molar-refractivity contribution is 7.99. The van der Waals surface area contributed by atoms with Crippen LogP contribution in [-0.2, 0) is 4.79 Å². The second-order valence-corrected chi connectivity index (χ2v) is 5.38. The van der Waals surface area contributed by atoms with E-state index < -0.39 is 11.5 Å². The third-order valence-electron chi connectivity index (χ3n) is 2.87. The molecule has 0 aliphatic heterocycles. The summed E-state index contributed by atoms with van der Waals surface area (Å²) >= 11 is 1.84. The van der Waals surface area contributed by atoms with Gasteiger partial charge in [-0.05, 0) is 37.8 Å². The van der Waals surface area contributed by atoms with E-state index >= 15 is 0 Å². The number of aliphatic carboxylic acids is 1. The number of thioether (sulfide) groups is 1. The molecule has 0 rings (SSSR count). The van der Waals surface area contributed by atoms with Gasteiger partial charge < -0.3 is 10.4 Å². The first kappa shape index (κ1) is 14.8. The van der Waals surface area contributed by atoms with Crippen molar-refractivity contribution in [3.63, 3.8) is 0 Å². The summed E-state index contributed by atoms with van der Waals surface area (Å²) < 4.78 is 0. The molecule has 0 aromatic carbocycles. The smallest absolute Gasteiger partial charge is 0.323 e. The van der Waals surface area contributed by atoms with Crippen LogP contribution < -0.4 is 5.32 Å². The van der Waals surface area contributed by atoms with E-state index in [0.29, 0.717) is 6.42 Å². The number of hydrogen-bond acceptors (Lipinski definition) is 3. The summed E-state index contributed by atoms with van der Waals surface area (Å²) in [6.45, 7) is 6.14. The topological polar surface area (TPSA) is 49.3 Å². The Hall–Kier alpha value is -0.220. The highest BCUT2D eigenvalue weighted by Crippen LogP contribution is 2.17. The lowest BCUT2D eigenvalue weighted by atomic mass is 10.00. The summed E-state index contributed by atoms with van der Waals surface area (Å²) in [4.78, 5) is 11.0. The van der Waals surface area contributed by atoms with Gasteiger partial charge in [-0.3, -0.25) is 4.79 Å². The third-order valence-corrected chi connectivity index (χ3v) is 4.17. The van der Waals surface area contributed by atoms with Crippen molar-refractivity contribution in [1.29, 1.82) is 0 Å². The number of rotatable bonds is 8. The zero-order chi connectivity index (χ0) is 11.9. The van der Waals surface area contributed by atoms with Crippen LogP contribution in [0.15, 0.2) is 0 Å². The molecule has 2 unspecified atom stereocenters. The van der Waals surface area contributed by atoms with Crippen molar-refractivity contribution in [1.82, 2.24) is 5.32 Å². The van der Waals surface area contributed by atoms with Crippen LogP contribution in [0.4, 0.5) is 0 Å². The van der Waals surface area contributed by atoms with Gasteiger partial charge in [-0.2, -0.15) is 11.8 Å². The van der Waals surface area contributed by atoms with Crippen LogP contribution in [0.3, 0.4) is 0 Å². The summed E-state index contributed by atoms with van der Waals surface area (Å²) in [6, 6.07) is 0. The number of hydrogen-bond donors (Lipinski definition) is 2. The Balaban J connectivity index is 3.78. The molecule has 0 heterocycles. The van der Waals surface area contributed by atoms with Gasteiger partial charge in [-0.25, -0.2) is 0 Å². The minimum absolute atomic E-state index is 0.667. The summed E-state index contributed by atoms with van der Waals surface area (Å²) in [7, 11) is 1.70. The van der Waals surface area contributed by atoms with E-state index in [4.69, 9.17) is 5.11 Å². The number of nitrogens with one attached hydrogen (secondary N) is 1. The molecule has 15 heavy (non-hydrogen) atoms. The van der Waals surface area contributed by atoms with Crippen LogP contribution in [-0.4, -0.2) is 35.2 Å². The Bertz CT molecular complexity index is 199. The normalized spacial score (nSPS) is 17.1. The fourth-order valence-corrected chi connectivity index (χ4v) is 2.37. The van der Waals surface area contributed by atoms with Crippen LogP contribution in [0, 0.1) is 5.92 Å². The summed E-state index contributed by atoms with van der Waals surface area (Å²) in [5, 5.41) is 11.9. The zero-order valence-corrected chi connectivity index (χ0v) is 11.0. The van der Waals surface area contributed by atoms with Gasteiger partial charge in [0.05, 0.1) is 0 Å². The van der Waals surface area contributed by atoms with Crippen LogP contribution >= 0.6 is 11.8 Å². The highest BCUT2D eigenvalue weighted by atomic mass is 32.2. The molecule has 0 fully saturated rings. The van der Waals surface area contributed by atoms with Gasteiger partial charge in [0, 0.05) is 0 Å². The quantitative estimate of drug-likeness (QED) is 0.631. The van der Waals surface area contributed by atoms with Crippen molar-refractivity contribution in [3.8, 4) is 0 Å². The average molecular weight is 233 g/mol. The van der Waals surface area contributed by atoms with Gasteiger partial charge in [0.1, 0.15) is 5.54 Å². The van der Waals surface area contributed by atoms with Gasteiger partial charge in [-0.15, -0.1) is 0 Å². The number of carboxylic acids is 1. The monoisotopic (exact) mass is 233 g/mol. The second-order valence-electron chi connectivity index (χ2n) is 4.23. The van der Waals surface area contributed by atoms with E-state index in [9.17, 15) is 4.79 Å². The van der Waals surface area contributed by atoms with Crippen molar-refractivity contribution >= 4 is 17.7 Å². The van der Waals surface area contributed by atoms with Crippen molar-refractivity contribution in [3.05, 3.63) is 0 Å². The lowest BCUT2D eigenvalue weighted by Crippen LogP contribution is -2.47. The average Bonchev–Trinajstić information content (AvgIpc) is 2.23. The molecule has 0 aliphatic carbocycles. The third kappa shape index (κ3) is 5.42. The lowest BCUT2D eigenvalue weighted by molar-refractivity contribution is -0.144. The van der Waals surface area contributed by atoms with Crippen molar-refractivity contribution in [2.45, 2.75) is 39.2 Å². The molecule has 2 atom stereocenters. The Morgan fingerprint density at radius 1 is 1.60 bits per heavy atom. The first-order valence-electron chi connectivity index (χ1n) is 5.46. The second kappa shape index (κ2) is 7.12. The summed E-state index contributed by atoms with van der Waals surface area (Å²) in [5.41, 5.74) is -0.775. The molecule has 0 aromatic heterocycles. The van der Waals surface area contributed by atoms with E-state index in [1.54, 1.807) is 14.0 Å². The Labute approximate surface area is 97.0 Å². The van der Waals surface area contributed by atoms with Crippen molar-refractivity contribution in [2.24, 2.45) is 5.92 Å². The SMILES string of the molecule is CCC(C)CSCCC(C)(NC)C(=O)O. The zero-order valence-electron chi connectivity index (χ0n) is 10.2. The molecule has 0 radical (unpaired) electrons. The van der Waals surface area contributed by atoms with E-state index in [0.717, 1.165) is 17.4 Å². The molecule has 2 N–H and O–H groups in total. The molecule has 0 spiro atoms. The summed E-state index contributed by atoms with van der Waals surface area (Å²) in [5.74, 6) is 1.97. The van der Waals surface area contributed by atoms with Crippen LogP contribution in [0.25, 0.3) is 0 Å². The first-order valence-corrected chi connectivity index (χ1v) is 6.61. The number of carboxylic acid groups (broad SMARTS) is 1. The predicted molar refractivity (Wildman–Crippen MR) is 66.5 cm³/mol. The van der Waals surface area contributed by atoms with Crippen LogP contribution in [0.5, 0.6) is 0 Å². The molecule has 4 heteroatoms. The maximum Gasteiger partial charge on any atom is 0.323 e. The highest BCUT2D eigenvalue weighted by Gasteiger charge is 2.30. The van der Waals surface area contributed by atoms with E-state index in [1.807, 2.05) is 11.8 Å². The van der Waals surface area contributed by atoms with Gasteiger partial charge in [0.15, 0.2) is 0 Å².